The van der Waals surface area contributed by atoms with Crippen LogP contribution in [0.5, 0.6) is 0 Å². The van der Waals surface area contributed by atoms with E-state index in [0.29, 0.717) is 12.5 Å². The van der Waals surface area contributed by atoms with Crippen LogP contribution < -0.4 is 0 Å². The van der Waals surface area contributed by atoms with Gasteiger partial charge in [0.05, 0.1) is 6.54 Å². The molecule has 2 heterocycles. The molecule has 2 aromatic heterocycles. The third-order valence-corrected chi connectivity index (χ3v) is 3.73. The predicted molar refractivity (Wildman–Crippen MR) is 83.3 cm³/mol. The first-order valence-corrected chi connectivity index (χ1v) is 7.25. The second-order valence-corrected chi connectivity index (χ2v) is 5.77. The number of para-hydroxylation sites is 1. The number of nitrogens with zero attached hydrogens (tertiary/aromatic N) is 2. The van der Waals surface area contributed by atoms with Gasteiger partial charge in [0.1, 0.15) is 11.3 Å². The van der Waals surface area contributed by atoms with E-state index in [1.54, 1.807) is 10.7 Å². The Bertz CT molecular complexity index is 843. The number of carboxylic acids is 1. The largest absolute Gasteiger partial charge is 0.476 e. The molecule has 0 aliphatic carbocycles. The molecule has 1 N–H and O–H groups in total. The van der Waals surface area contributed by atoms with Crippen LogP contribution in [0.1, 0.15) is 47.3 Å². The zero-order valence-corrected chi connectivity index (χ0v) is 12.8. The summed E-state index contributed by atoms with van der Waals surface area (Å²) < 4.78 is 7.66. The van der Waals surface area contributed by atoms with Crippen molar-refractivity contribution in [2.45, 2.75) is 33.2 Å². The lowest BCUT2D eigenvalue weighted by atomic mass is 10.1. The molecule has 0 unspecified atom stereocenters. The van der Waals surface area contributed by atoms with E-state index in [0.717, 1.165) is 28.0 Å². The number of aryl methyl sites for hydroxylation is 1. The number of furan rings is 1. The Morgan fingerprint density at radius 2 is 2.14 bits per heavy atom. The fourth-order valence-corrected chi connectivity index (χ4v) is 2.49. The number of fused-ring (bicyclic) bond motifs is 1. The molecule has 22 heavy (non-hydrogen) atoms. The van der Waals surface area contributed by atoms with Crippen LogP contribution in [0, 0.1) is 6.92 Å². The van der Waals surface area contributed by atoms with Gasteiger partial charge in [-0.2, -0.15) is 5.10 Å². The number of carbonyl (C=O) groups is 1. The molecular weight excluding hydrogens is 280 g/mol. The summed E-state index contributed by atoms with van der Waals surface area (Å²) in [6.07, 6.45) is 0. The zero-order valence-electron chi connectivity index (χ0n) is 12.8. The summed E-state index contributed by atoms with van der Waals surface area (Å²) in [7, 11) is 0. The second-order valence-electron chi connectivity index (χ2n) is 5.77. The summed E-state index contributed by atoms with van der Waals surface area (Å²) in [5, 5.41) is 14.2. The van der Waals surface area contributed by atoms with E-state index >= 15 is 0 Å². The highest BCUT2D eigenvalue weighted by molar-refractivity contribution is 5.85. The van der Waals surface area contributed by atoms with Gasteiger partial charge >= 0.3 is 5.97 Å². The molecule has 0 aliphatic rings. The van der Waals surface area contributed by atoms with Crippen molar-refractivity contribution < 1.29 is 14.3 Å². The van der Waals surface area contributed by atoms with Gasteiger partial charge in [-0.05, 0) is 19.1 Å². The van der Waals surface area contributed by atoms with Crippen LogP contribution in [-0.2, 0) is 6.54 Å². The molecule has 0 aliphatic heterocycles. The van der Waals surface area contributed by atoms with Gasteiger partial charge in [0.25, 0.3) is 0 Å². The first kappa shape index (κ1) is 14.4. The van der Waals surface area contributed by atoms with Crippen LogP contribution in [0.3, 0.4) is 0 Å². The Balaban J connectivity index is 2.02. The van der Waals surface area contributed by atoms with Crippen molar-refractivity contribution in [1.82, 2.24) is 9.78 Å². The summed E-state index contributed by atoms with van der Waals surface area (Å²) in [4.78, 5) is 11.0. The van der Waals surface area contributed by atoms with Gasteiger partial charge in [0.15, 0.2) is 5.69 Å². The van der Waals surface area contributed by atoms with Gasteiger partial charge < -0.3 is 9.52 Å². The van der Waals surface area contributed by atoms with Crippen LogP contribution in [-0.4, -0.2) is 20.9 Å². The Morgan fingerprint density at radius 1 is 1.36 bits per heavy atom. The van der Waals surface area contributed by atoms with E-state index in [-0.39, 0.29) is 5.69 Å². The number of aromatic carboxylic acids is 1. The van der Waals surface area contributed by atoms with Crippen LogP contribution >= 0.6 is 0 Å². The lowest BCUT2D eigenvalue weighted by molar-refractivity contribution is 0.0689. The standard InChI is InChI=1S/C17H18N2O3/c1-10(2)15-8-12-5-4-6-13(16(12)22-15)9-19-11(3)7-14(18-19)17(20)21/h4-8,10H,9H2,1-3H3,(H,20,21). The van der Waals surface area contributed by atoms with Crippen molar-refractivity contribution in [3.8, 4) is 0 Å². The molecule has 0 atom stereocenters. The van der Waals surface area contributed by atoms with Gasteiger partial charge in [-0.25, -0.2) is 4.79 Å². The van der Waals surface area contributed by atoms with E-state index in [2.05, 4.69) is 25.0 Å². The molecule has 0 bridgehead atoms. The maximum absolute atomic E-state index is 11.0. The maximum atomic E-state index is 11.0. The summed E-state index contributed by atoms with van der Waals surface area (Å²) >= 11 is 0. The molecule has 1 aromatic carbocycles. The topological polar surface area (TPSA) is 68.3 Å². The number of carboxylic acid groups (broad SMARTS) is 1. The van der Waals surface area contributed by atoms with Crippen molar-refractivity contribution in [3.63, 3.8) is 0 Å². The molecule has 3 rings (SSSR count). The number of rotatable bonds is 4. The average molecular weight is 298 g/mol. The first-order chi connectivity index (χ1) is 10.5. The van der Waals surface area contributed by atoms with Gasteiger partial charge in [0.2, 0.25) is 0 Å². The second kappa shape index (κ2) is 5.33. The summed E-state index contributed by atoms with van der Waals surface area (Å²) in [6, 6.07) is 9.62. The van der Waals surface area contributed by atoms with Crippen LogP contribution in [0.4, 0.5) is 0 Å². The third kappa shape index (κ3) is 2.50. The van der Waals surface area contributed by atoms with E-state index < -0.39 is 5.97 Å². The minimum absolute atomic E-state index is 0.0620. The van der Waals surface area contributed by atoms with Crippen LogP contribution in [0.25, 0.3) is 11.0 Å². The Morgan fingerprint density at radius 3 is 2.77 bits per heavy atom. The van der Waals surface area contributed by atoms with Gasteiger partial charge in [-0.1, -0.05) is 32.0 Å². The molecule has 114 valence electrons. The fraction of sp³-hybridized carbons (Fsp3) is 0.294. The summed E-state index contributed by atoms with van der Waals surface area (Å²) in [5.41, 5.74) is 2.71. The SMILES string of the molecule is Cc1cc(C(=O)O)nn1Cc1cccc2cc(C(C)C)oc12. The van der Waals surface area contributed by atoms with Gasteiger partial charge in [-0.15, -0.1) is 0 Å². The molecule has 0 radical (unpaired) electrons. The molecule has 0 saturated carbocycles. The van der Waals surface area contributed by atoms with Gasteiger partial charge in [-0.3, -0.25) is 4.68 Å². The van der Waals surface area contributed by atoms with E-state index in [1.807, 2.05) is 25.1 Å². The smallest absolute Gasteiger partial charge is 0.356 e. The number of hydrogen-bond donors (Lipinski definition) is 1. The summed E-state index contributed by atoms with van der Waals surface area (Å²) in [6.45, 7) is 6.52. The highest BCUT2D eigenvalue weighted by atomic mass is 16.4. The Hall–Kier alpha value is -2.56. The van der Waals surface area contributed by atoms with Crippen molar-refractivity contribution in [1.29, 1.82) is 0 Å². The minimum atomic E-state index is -1.01. The number of benzene rings is 1. The maximum Gasteiger partial charge on any atom is 0.356 e. The molecular formula is C17H18N2O3. The van der Waals surface area contributed by atoms with E-state index in [1.165, 1.54) is 0 Å². The normalized spacial score (nSPS) is 11.5. The van der Waals surface area contributed by atoms with Crippen molar-refractivity contribution in [3.05, 3.63) is 53.0 Å². The molecule has 0 fully saturated rings. The van der Waals surface area contributed by atoms with Gasteiger partial charge in [0, 0.05) is 22.6 Å². The summed E-state index contributed by atoms with van der Waals surface area (Å²) in [5.74, 6) is 0.260. The minimum Gasteiger partial charge on any atom is -0.476 e. The van der Waals surface area contributed by atoms with Crippen molar-refractivity contribution >= 4 is 16.9 Å². The Kier molecular flexibility index (Phi) is 3.48. The third-order valence-electron chi connectivity index (χ3n) is 3.73. The zero-order chi connectivity index (χ0) is 15.9. The van der Waals surface area contributed by atoms with E-state index in [4.69, 9.17) is 9.52 Å². The van der Waals surface area contributed by atoms with Crippen LogP contribution in [0.15, 0.2) is 34.7 Å². The quantitative estimate of drug-likeness (QED) is 0.795. The lowest BCUT2D eigenvalue weighted by Crippen LogP contribution is -2.06. The number of aromatic nitrogens is 2. The van der Waals surface area contributed by atoms with Crippen LogP contribution in [0.2, 0.25) is 0 Å². The molecule has 0 spiro atoms. The highest BCUT2D eigenvalue weighted by Gasteiger charge is 2.14. The molecule has 5 heteroatoms. The van der Waals surface area contributed by atoms with E-state index in [9.17, 15) is 4.79 Å². The van der Waals surface area contributed by atoms with Crippen molar-refractivity contribution in [2.24, 2.45) is 0 Å². The average Bonchev–Trinajstić information content (AvgIpc) is 3.04. The lowest BCUT2D eigenvalue weighted by Gasteiger charge is -2.05. The molecule has 5 nitrogen and oxygen atoms in total. The molecule has 0 amide bonds. The highest BCUT2D eigenvalue weighted by Crippen LogP contribution is 2.28. The monoisotopic (exact) mass is 298 g/mol. The first-order valence-electron chi connectivity index (χ1n) is 7.25. The van der Waals surface area contributed by atoms with Crippen molar-refractivity contribution in [2.75, 3.05) is 0 Å². The molecule has 0 saturated heterocycles. The molecule has 3 aromatic rings. The fourth-order valence-electron chi connectivity index (χ4n) is 2.49. The Labute approximate surface area is 128 Å². The predicted octanol–water partition coefficient (Wildman–Crippen LogP) is 3.81. The number of hydrogen-bond acceptors (Lipinski definition) is 3.